The predicted molar refractivity (Wildman–Crippen MR) is 83.1 cm³/mol. The molecule has 0 aliphatic rings. The van der Waals surface area contributed by atoms with Gasteiger partial charge in [-0.15, -0.1) is 0 Å². The summed E-state index contributed by atoms with van der Waals surface area (Å²) < 4.78 is 37.5. The molecule has 0 aliphatic heterocycles. The fourth-order valence-corrected chi connectivity index (χ4v) is 3.52. The van der Waals surface area contributed by atoms with Gasteiger partial charge in [0.25, 0.3) is 10.1 Å². The number of rotatable bonds is 6. The number of methoxy groups -OCH3 is 1. The van der Waals surface area contributed by atoms with Crippen LogP contribution in [-0.4, -0.2) is 27.0 Å². The Morgan fingerprint density at radius 1 is 1.19 bits per heavy atom. The van der Waals surface area contributed by atoms with Gasteiger partial charge in [-0.25, -0.2) is 0 Å². The molecule has 2 rings (SSSR count). The van der Waals surface area contributed by atoms with Gasteiger partial charge in [0, 0.05) is 17.1 Å². The molecule has 0 unspecified atom stereocenters. The first kappa shape index (κ1) is 15.9. The van der Waals surface area contributed by atoms with Crippen LogP contribution in [0.2, 0.25) is 0 Å². The van der Waals surface area contributed by atoms with Crippen molar-refractivity contribution in [3.8, 4) is 16.3 Å². The van der Waals surface area contributed by atoms with Gasteiger partial charge in [0.2, 0.25) is 0 Å². The van der Waals surface area contributed by atoms with Crippen molar-refractivity contribution in [3.63, 3.8) is 0 Å². The monoisotopic (exact) mass is 327 g/mol. The smallest absolute Gasteiger partial charge is 0.271 e. The average Bonchev–Trinajstić information content (AvgIpc) is 2.89. The molecule has 0 saturated carbocycles. The maximum atomic E-state index is 11.7. The lowest BCUT2D eigenvalue weighted by atomic mass is 10.1. The lowest BCUT2D eigenvalue weighted by Gasteiger charge is -2.06. The highest BCUT2D eigenvalue weighted by Crippen LogP contribution is 2.35. The number of hydrogen-bond acceptors (Lipinski definition) is 6. The minimum Gasteiger partial charge on any atom is -0.486 e. The molecule has 7 heteroatoms. The predicted octanol–water partition coefficient (Wildman–Crippen LogP) is 2.86. The molecule has 114 valence electrons. The summed E-state index contributed by atoms with van der Waals surface area (Å²) in [6, 6.07) is 7.90. The molecule has 0 spiro atoms. The number of nitrogens with zero attached hydrogens (tertiary/aromatic N) is 1. The van der Waals surface area contributed by atoms with Gasteiger partial charge in [-0.2, -0.15) is 12.8 Å². The van der Waals surface area contributed by atoms with Crippen LogP contribution in [-0.2, 0) is 26.5 Å². The normalized spacial score (nSPS) is 11.6. The lowest BCUT2D eigenvalue weighted by Crippen LogP contribution is -2.07. The van der Waals surface area contributed by atoms with Gasteiger partial charge in [-0.1, -0.05) is 31.2 Å². The maximum absolute atomic E-state index is 11.7. The summed E-state index contributed by atoms with van der Waals surface area (Å²) in [4.78, 5) is 0. The van der Waals surface area contributed by atoms with Crippen LogP contribution in [0.25, 0.3) is 11.3 Å². The quantitative estimate of drug-likeness (QED) is 0.763. The van der Waals surface area contributed by atoms with E-state index >= 15 is 0 Å². The molecule has 1 heterocycles. The number of aromatic nitrogens is 1. The van der Waals surface area contributed by atoms with E-state index in [-0.39, 0.29) is 5.75 Å². The van der Waals surface area contributed by atoms with Gasteiger partial charge < -0.3 is 4.74 Å². The highest BCUT2D eigenvalue weighted by molar-refractivity contribution is 7.85. The third-order valence-corrected chi connectivity index (χ3v) is 5.15. The van der Waals surface area contributed by atoms with Crippen LogP contribution < -0.4 is 4.74 Å². The summed E-state index contributed by atoms with van der Waals surface area (Å²) in [5, 5.41) is 0.491. The summed E-state index contributed by atoms with van der Waals surface area (Å²) in [5.74, 6) is -0.256. The van der Waals surface area contributed by atoms with Crippen molar-refractivity contribution in [2.75, 3.05) is 14.2 Å². The first-order valence-electron chi connectivity index (χ1n) is 6.41. The molecule has 5 nitrogen and oxygen atoms in total. The Hall–Kier alpha value is -1.44. The molecular formula is C14H17NO4S2. The SMILES string of the molecule is CCc1ccc(-c2nsc(OC)c2CS(=O)(=O)OC)cc1. The first-order chi connectivity index (χ1) is 10.0. The standard InChI is InChI=1S/C14H17NO4S2/c1-4-10-5-7-11(8-6-10)13-12(9-21(16,17)19-3)14(18-2)20-15-13/h5-8H,4,9H2,1-3H3. The molecule has 0 aliphatic carbocycles. The molecule has 0 amide bonds. The number of ether oxygens (including phenoxy) is 1. The van der Waals surface area contributed by atoms with E-state index in [0.717, 1.165) is 30.6 Å². The summed E-state index contributed by atoms with van der Waals surface area (Å²) in [6.45, 7) is 2.08. The number of benzene rings is 1. The molecule has 21 heavy (non-hydrogen) atoms. The molecule has 0 N–H and O–H groups in total. The largest absolute Gasteiger partial charge is 0.486 e. The van der Waals surface area contributed by atoms with Crippen molar-refractivity contribution in [1.29, 1.82) is 0 Å². The van der Waals surface area contributed by atoms with Crippen LogP contribution in [0.3, 0.4) is 0 Å². The number of hydrogen-bond donors (Lipinski definition) is 0. The topological polar surface area (TPSA) is 65.5 Å². The van der Waals surface area contributed by atoms with Crippen molar-refractivity contribution in [2.24, 2.45) is 0 Å². The summed E-state index contributed by atoms with van der Waals surface area (Å²) in [7, 11) is -0.981. The minimum absolute atomic E-state index is 0.256. The lowest BCUT2D eigenvalue weighted by molar-refractivity contribution is 0.394. The molecule has 1 aromatic carbocycles. The van der Waals surface area contributed by atoms with Crippen molar-refractivity contribution < 1.29 is 17.3 Å². The van der Waals surface area contributed by atoms with E-state index in [9.17, 15) is 8.42 Å². The van der Waals surface area contributed by atoms with E-state index in [1.165, 1.54) is 12.7 Å². The Morgan fingerprint density at radius 3 is 2.38 bits per heavy atom. The van der Waals surface area contributed by atoms with E-state index in [1.807, 2.05) is 24.3 Å². The first-order valence-corrected chi connectivity index (χ1v) is 8.76. The molecule has 0 bridgehead atoms. The highest BCUT2D eigenvalue weighted by atomic mass is 32.2. The zero-order valence-electron chi connectivity index (χ0n) is 12.1. The van der Waals surface area contributed by atoms with E-state index in [2.05, 4.69) is 15.5 Å². The van der Waals surface area contributed by atoms with E-state index in [1.54, 1.807) is 0 Å². The molecule has 1 aromatic heterocycles. The second-order valence-electron chi connectivity index (χ2n) is 4.42. The summed E-state index contributed by atoms with van der Waals surface area (Å²) in [6.07, 6.45) is 0.950. The van der Waals surface area contributed by atoms with E-state index < -0.39 is 10.1 Å². The second kappa shape index (κ2) is 6.55. The molecule has 0 fully saturated rings. The second-order valence-corrected chi connectivity index (χ2v) is 6.89. The Balaban J connectivity index is 2.46. The third kappa shape index (κ3) is 3.61. The Labute approximate surface area is 128 Å². The van der Waals surface area contributed by atoms with Crippen LogP contribution in [0.4, 0.5) is 0 Å². The van der Waals surface area contributed by atoms with Crippen LogP contribution in [0.1, 0.15) is 18.1 Å². The van der Waals surface area contributed by atoms with Crippen molar-refractivity contribution in [2.45, 2.75) is 19.1 Å². The summed E-state index contributed by atoms with van der Waals surface area (Å²) >= 11 is 1.14. The van der Waals surface area contributed by atoms with Gasteiger partial charge in [-0.3, -0.25) is 4.18 Å². The molecule has 0 saturated heterocycles. The van der Waals surface area contributed by atoms with Gasteiger partial charge in [0.05, 0.1) is 25.5 Å². The van der Waals surface area contributed by atoms with Crippen molar-refractivity contribution in [1.82, 2.24) is 4.37 Å². The van der Waals surface area contributed by atoms with E-state index in [0.29, 0.717) is 16.3 Å². The maximum Gasteiger partial charge on any atom is 0.271 e. The highest BCUT2D eigenvalue weighted by Gasteiger charge is 2.22. The van der Waals surface area contributed by atoms with E-state index in [4.69, 9.17) is 4.74 Å². The van der Waals surface area contributed by atoms with Crippen molar-refractivity contribution in [3.05, 3.63) is 35.4 Å². The Kier molecular flexibility index (Phi) is 4.97. The summed E-state index contributed by atoms with van der Waals surface area (Å²) in [5.41, 5.74) is 3.24. The fourth-order valence-electron chi connectivity index (χ4n) is 1.94. The van der Waals surface area contributed by atoms with Gasteiger partial charge in [0.1, 0.15) is 5.75 Å². The van der Waals surface area contributed by atoms with Gasteiger partial charge in [0.15, 0.2) is 5.06 Å². The fraction of sp³-hybridized carbons (Fsp3) is 0.357. The Bertz CT molecular complexity index is 705. The minimum atomic E-state index is -3.63. The van der Waals surface area contributed by atoms with Crippen LogP contribution in [0, 0.1) is 0 Å². The number of aryl methyl sites for hydroxylation is 1. The zero-order chi connectivity index (χ0) is 15.5. The van der Waals surface area contributed by atoms with Crippen molar-refractivity contribution >= 4 is 21.7 Å². The third-order valence-electron chi connectivity index (χ3n) is 3.15. The van der Waals surface area contributed by atoms with Gasteiger partial charge >= 0.3 is 0 Å². The van der Waals surface area contributed by atoms with Crippen LogP contribution in [0.15, 0.2) is 24.3 Å². The average molecular weight is 327 g/mol. The zero-order valence-corrected chi connectivity index (χ0v) is 13.8. The molecule has 0 radical (unpaired) electrons. The molecular weight excluding hydrogens is 310 g/mol. The van der Waals surface area contributed by atoms with Crippen LogP contribution >= 0.6 is 11.5 Å². The van der Waals surface area contributed by atoms with Gasteiger partial charge in [-0.05, 0) is 12.0 Å². The molecule has 0 atom stereocenters. The van der Waals surface area contributed by atoms with Crippen LogP contribution in [0.5, 0.6) is 5.06 Å². The molecule has 2 aromatic rings. The Morgan fingerprint density at radius 2 is 1.86 bits per heavy atom.